The molecule has 0 bridgehead atoms. The summed E-state index contributed by atoms with van der Waals surface area (Å²) in [6.45, 7) is 2.53. The van der Waals surface area contributed by atoms with Gasteiger partial charge >= 0.3 is 0 Å². The number of Topliss-reactive ketones (excluding diaryl/α,β-unsaturated/α-hetero) is 1. The Bertz CT molecular complexity index is 243. The maximum absolute atomic E-state index is 11.1. The van der Waals surface area contributed by atoms with Crippen molar-refractivity contribution < 1.29 is 9.59 Å². The van der Waals surface area contributed by atoms with Crippen molar-refractivity contribution in [3.63, 3.8) is 0 Å². The van der Waals surface area contributed by atoms with E-state index >= 15 is 0 Å². The van der Waals surface area contributed by atoms with E-state index in [4.69, 9.17) is 5.73 Å². The van der Waals surface area contributed by atoms with Crippen LogP contribution in [-0.4, -0.2) is 36.2 Å². The third-order valence-corrected chi connectivity index (χ3v) is 3.18. The average Bonchev–Trinajstić information content (AvgIpc) is 2.18. The first kappa shape index (κ1) is 12.2. The minimum absolute atomic E-state index is 0.118. The van der Waals surface area contributed by atoms with Gasteiger partial charge in [0.1, 0.15) is 5.78 Å². The van der Waals surface area contributed by atoms with E-state index in [-0.39, 0.29) is 11.8 Å². The molecule has 86 valence electrons. The largest absolute Gasteiger partial charge is 0.369 e. The minimum atomic E-state index is -0.256. The van der Waals surface area contributed by atoms with Crippen LogP contribution >= 0.6 is 0 Å². The van der Waals surface area contributed by atoms with Gasteiger partial charge in [0, 0.05) is 31.3 Å². The summed E-state index contributed by atoms with van der Waals surface area (Å²) in [6, 6.07) is 0.435. The number of nitrogens with two attached hydrogens (primary N) is 1. The second kappa shape index (κ2) is 5.26. The molecule has 0 aromatic rings. The number of carbonyl (C=O) groups excluding carboxylic acids is 2. The Morgan fingerprint density at radius 3 is 2.53 bits per heavy atom. The summed E-state index contributed by atoms with van der Waals surface area (Å²) in [5.41, 5.74) is 5.22. The lowest BCUT2D eigenvalue weighted by atomic mass is 9.93. The Morgan fingerprint density at radius 1 is 1.53 bits per heavy atom. The molecular formula is C11H20N2O2. The molecule has 1 aliphatic carbocycles. The summed E-state index contributed by atoms with van der Waals surface area (Å²) in [5, 5.41) is 0. The standard InChI is InChI=1S/C11H20N2O2/c1-8(11(12)15)7-13(2)9-3-5-10(14)6-4-9/h8-9H,3-7H2,1-2H3,(H2,12,15). The number of primary amides is 1. The van der Waals surface area contributed by atoms with E-state index in [0.717, 1.165) is 12.8 Å². The molecule has 2 N–H and O–H groups in total. The molecule has 15 heavy (non-hydrogen) atoms. The SMILES string of the molecule is CC(CN(C)C1CCC(=O)CC1)C(N)=O. The number of amides is 1. The summed E-state index contributed by atoms with van der Waals surface area (Å²) < 4.78 is 0. The van der Waals surface area contributed by atoms with Gasteiger partial charge in [0.25, 0.3) is 0 Å². The molecule has 4 nitrogen and oxygen atoms in total. The summed E-state index contributed by atoms with van der Waals surface area (Å²) in [4.78, 5) is 24.1. The van der Waals surface area contributed by atoms with Crippen molar-refractivity contribution in [2.45, 2.75) is 38.6 Å². The Balaban J connectivity index is 2.37. The fourth-order valence-electron chi connectivity index (χ4n) is 2.04. The van der Waals surface area contributed by atoms with Crippen LogP contribution < -0.4 is 5.73 Å². The highest BCUT2D eigenvalue weighted by Gasteiger charge is 2.23. The minimum Gasteiger partial charge on any atom is -0.369 e. The number of ketones is 1. The molecule has 1 aliphatic rings. The van der Waals surface area contributed by atoms with Gasteiger partial charge in [-0.05, 0) is 19.9 Å². The molecule has 0 aromatic carbocycles. The first-order valence-electron chi connectivity index (χ1n) is 5.52. The molecule has 0 aliphatic heterocycles. The second-order valence-corrected chi connectivity index (χ2v) is 4.51. The third-order valence-electron chi connectivity index (χ3n) is 3.18. The van der Waals surface area contributed by atoms with Crippen molar-refractivity contribution in [3.8, 4) is 0 Å². The van der Waals surface area contributed by atoms with Crippen LogP contribution in [0.25, 0.3) is 0 Å². The zero-order valence-corrected chi connectivity index (χ0v) is 9.53. The number of hydrogen-bond donors (Lipinski definition) is 1. The van der Waals surface area contributed by atoms with Crippen LogP contribution in [0.1, 0.15) is 32.6 Å². The van der Waals surface area contributed by atoms with Crippen LogP contribution in [0.2, 0.25) is 0 Å². The van der Waals surface area contributed by atoms with Gasteiger partial charge in [0.2, 0.25) is 5.91 Å². The highest BCUT2D eigenvalue weighted by Crippen LogP contribution is 2.20. The molecule has 1 atom stereocenters. The van der Waals surface area contributed by atoms with Gasteiger partial charge in [-0.15, -0.1) is 0 Å². The van der Waals surface area contributed by atoms with Crippen LogP contribution in [0.4, 0.5) is 0 Å². The van der Waals surface area contributed by atoms with Crippen molar-refractivity contribution in [1.82, 2.24) is 4.90 Å². The molecule has 4 heteroatoms. The van der Waals surface area contributed by atoms with Gasteiger partial charge in [-0.2, -0.15) is 0 Å². The molecule has 0 aromatic heterocycles. The average molecular weight is 212 g/mol. The highest BCUT2D eigenvalue weighted by molar-refractivity contribution is 5.79. The Hall–Kier alpha value is -0.900. The molecule has 1 amide bonds. The van der Waals surface area contributed by atoms with Gasteiger partial charge in [0.05, 0.1) is 0 Å². The van der Waals surface area contributed by atoms with Gasteiger partial charge < -0.3 is 10.6 Å². The van der Waals surface area contributed by atoms with Crippen LogP contribution in [0.15, 0.2) is 0 Å². The van der Waals surface area contributed by atoms with Crippen molar-refractivity contribution in [1.29, 1.82) is 0 Å². The molecule has 0 heterocycles. The molecule has 1 saturated carbocycles. The lowest BCUT2D eigenvalue weighted by Crippen LogP contribution is -2.40. The summed E-state index contributed by atoms with van der Waals surface area (Å²) in [5.74, 6) is -0.0102. The molecule has 1 fully saturated rings. The van der Waals surface area contributed by atoms with Gasteiger partial charge in [-0.1, -0.05) is 6.92 Å². The van der Waals surface area contributed by atoms with Gasteiger partial charge in [0.15, 0.2) is 0 Å². The smallest absolute Gasteiger partial charge is 0.221 e. The van der Waals surface area contributed by atoms with Crippen LogP contribution in [0.5, 0.6) is 0 Å². The summed E-state index contributed by atoms with van der Waals surface area (Å²) in [7, 11) is 2.00. The predicted molar refractivity (Wildman–Crippen MR) is 58.3 cm³/mol. The van der Waals surface area contributed by atoms with Crippen molar-refractivity contribution in [2.24, 2.45) is 11.7 Å². The molecule has 1 rings (SSSR count). The Morgan fingerprint density at radius 2 is 2.07 bits per heavy atom. The molecule has 1 unspecified atom stereocenters. The van der Waals surface area contributed by atoms with Crippen LogP contribution in [-0.2, 0) is 9.59 Å². The summed E-state index contributed by atoms with van der Waals surface area (Å²) in [6.07, 6.45) is 3.20. The van der Waals surface area contributed by atoms with E-state index in [1.165, 1.54) is 0 Å². The summed E-state index contributed by atoms with van der Waals surface area (Å²) >= 11 is 0. The molecule has 0 saturated heterocycles. The lowest BCUT2D eigenvalue weighted by molar-refractivity contribution is -0.123. The number of carbonyl (C=O) groups is 2. The second-order valence-electron chi connectivity index (χ2n) is 4.51. The number of rotatable bonds is 4. The van der Waals surface area contributed by atoms with E-state index < -0.39 is 0 Å². The van der Waals surface area contributed by atoms with Gasteiger partial charge in [-0.25, -0.2) is 0 Å². The maximum atomic E-state index is 11.1. The maximum Gasteiger partial charge on any atom is 0.221 e. The van der Waals surface area contributed by atoms with E-state index in [9.17, 15) is 9.59 Å². The molecule has 0 radical (unpaired) electrons. The fraction of sp³-hybridized carbons (Fsp3) is 0.818. The van der Waals surface area contributed by atoms with E-state index in [1.807, 2.05) is 14.0 Å². The zero-order chi connectivity index (χ0) is 11.4. The normalized spacial score (nSPS) is 20.6. The Labute approximate surface area is 90.8 Å². The van der Waals surface area contributed by atoms with Crippen molar-refractivity contribution in [2.75, 3.05) is 13.6 Å². The Kier molecular flexibility index (Phi) is 4.27. The van der Waals surface area contributed by atoms with E-state index in [2.05, 4.69) is 4.90 Å². The lowest BCUT2D eigenvalue weighted by Gasteiger charge is -2.31. The van der Waals surface area contributed by atoms with Crippen molar-refractivity contribution in [3.05, 3.63) is 0 Å². The van der Waals surface area contributed by atoms with Crippen molar-refractivity contribution >= 4 is 11.7 Å². The van der Waals surface area contributed by atoms with Crippen LogP contribution in [0.3, 0.4) is 0 Å². The molecular weight excluding hydrogens is 192 g/mol. The predicted octanol–water partition coefficient (Wildman–Crippen LogP) is 0.551. The van der Waals surface area contributed by atoms with Crippen LogP contribution in [0, 0.1) is 5.92 Å². The number of hydrogen-bond acceptors (Lipinski definition) is 3. The third kappa shape index (κ3) is 3.63. The van der Waals surface area contributed by atoms with Gasteiger partial charge in [-0.3, -0.25) is 9.59 Å². The highest BCUT2D eigenvalue weighted by atomic mass is 16.1. The topological polar surface area (TPSA) is 63.4 Å². The first-order valence-corrected chi connectivity index (χ1v) is 5.52. The van der Waals surface area contributed by atoms with E-state index in [0.29, 0.717) is 31.2 Å². The molecule has 0 spiro atoms. The quantitative estimate of drug-likeness (QED) is 0.740. The fourth-order valence-corrected chi connectivity index (χ4v) is 2.04. The monoisotopic (exact) mass is 212 g/mol. The first-order chi connectivity index (χ1) is 7.00. The number of nitrogens with zero attached hydrogens (tertiary/aromatic N) is 1. The zero-order valence-electron chi connectivity index (χ0n) is 9.53. The van der Waals surface area contributed by atoms with E-state index in [1.54, 1.807) is 0 Å².